The largest absolute Gasteiger partial charge is 0.479 e. The summed E-state index contributed by atoms with van der Waals surface area (Å²) in [5.74, 6) is 0.298. The van der Waals surface area contributed by atoms with Gasteiger partial charge in [0.15, 0.2) is 6.10 Å². The molecule has 0 N–H and O–H groups in total. The van der Waals surface area contributed by atoms with Crippen molar-refractivity contribution in [3.63, 3.8) is 0 Å². The number of carbonyl (C=O) groups is 1. The van der Waals surface area contributed by atoms with Gasteiger partial charge in [0.05, 0.1) is 6.10 Å². The molecule has 0 bridgehead atoms. The lowest BCUT2D eigenvalue weighted by atomic mass is 10.2. The second-order valence-corrected chi connectivity index (χ2v) is 4.76. The third-order valence-electron chi connectivity index (χ3n) is 2.66. The maximum absolute atomic E-state index is 11.7. The van der Waals surface area contributed by atoms with Crippen LogP contribution in [0.15, 0.2) is 18.2 Å². The van der Waals surface area contributed by atoms with Crippen molar-refractivity contribution in [3.8, 4) is 5.75 Å². The summed E-state index contributed by atoms with van der Waals surface area (Å²) in [6, 6.07) is 5.28. The van der Waals surface area contributed by atoms with Gasteiger partial charge < -0.3 is 9.47 Å². The molecule has 18 heavy (non-hydrogen) atoms. The molecule has 0 amide bonds. The van der Waals surface area contributed by atoms with E-state index in [0.717, 1.165) is 12.0 Å². The van der Waals surface area contributed by atoms with Crippen LogP contribution < -0.4 is 4.74 Å². The number of ether oxygens (including phenoxy) is 2. The summed E-state index contributed by atoms with van der Waals surface area (Å²) < 4.78 is 10.8. The Balaban J connectivity index is 2.63. The van der Waals surface area contributed by atoms with E-state index in [1.54, 1.807) is 25.1 Å². The van der Waals surface area contributed by atoms with E-state index in [9.17, 15) is 4.79 Å². The Morgan fingerprint density at radius 1 is 1.39 bits per heavy atom. The lowest BCUT2D eigenvalue weighted by Gasteiger charge is -2.18. The average Bonchev–Trinajstić information content (AvgIpc) is 2.32. The van der Waals surface area contributed by atoms with Crippen LogP contribution in [-0.4, -0.2) is 18.2 Å². The molecule has 0 aliphatic carbocycles. The smallest absolute Gasteiger partial charge is 0.347 e. The Morgan fingerprint density at radius 2 is 2.06 bits per heavy atom. The standard InChI is InChI=1S/C14H19ClO3/c1-5-10(3)17-14(16)11(4)18-13-7-6-12(15)8-9(13)2/h6-8,10-11H,5H2,1-4H3. The highest BCUT2D eigenvalue weighted by molar-refractivity contribution is 6.30. The van der Waals surface area contributed by atoms with Crippen molar-refractivity contribution in [2.24, 2.45) is 0 Å². The van der Waals surface area contributed by atoms with Gasteiger partial charge in [-0.2, -0.15) is 0 Å². The topological polar surface area (TPSA) is 35.5 Å². The molecule has 2 unspecified atom stereocenters. The summed E-state index contributed by atoms with van der Waals surface area (Å²) in [5, 5.41) is 0.648. The van der Waals surface area contributed by atoms with E-state index in [0.29, 0.717) is 10.8 Å². The van der Waals surface area contributed by atoms with Crippen LogP contribution in [0.5, 0.6) is 5.75 Å². The molecule has 100 valence electrons. The van der Waals surface area contributed by atoms with Crippen LogP contribution in [0, 0.1) is 6.92 Å². The highest BCUT2D eigenvalue weighted by Gasteiger charge is 2.19. The zero-order valence-corrected chi connectivity index (χ0v) is 12.0. The number of aryl methyl sites for hydroxylation is 1. The Morgan fingerprint density at radius 3 is 2.61 bits per heavy atom. The molecule has 0 fully saturated rings. The third-order valence-corrected chi connectivity index (χ3v) is 2.90. The fourth-order valence-electron chi connectivity index (χ4n) is 1.36. The van der Waals surface area contributed by atoms with Crippen LogP contribution in [0.1, 0.15) is 32.8 Å². The van der Waals surface area contributed by atoms with Crippen LogP contribution in [0.2, 0.25) is 5.02 Å². The highest BCUT2D eigenvalue weighted by atomic mass is 35.5. The molecular formula is C14H19ClO3. The Labute approximate surface area is 113 Å². The quantitative estimate of drug-likeness (QED) is 0.764. The lowest BCUT2D eigenvalue weighted by molar-refractivity contribution is -0.155. The molecule has 1 aromatic rings. The third kappa shape index (κ3) is 4.22. The highest BCUT2D eigenvalue weighted by Crippen LogP contribution is 2.23. The first kappa shape index (κ1) is 14.8. The Bertz CT molecular complexity index is 418. The minimum Gasteiger partial charge on any atom is -0.479 e. The zero-order valence-electron chi connectivity index (χ0n) is 11.2. The number of rotatable bonds is 5. The van der Waals surface area contributed by atoms with Gasteiger partial charge in [-0.3, -0.25) is 0 Å². The van der Waals surface area contributed by atoms with Crippen LogP contribution in [0.4, 0.5) is 0 Å². The van der Waals surface area contributed by atoms with Crippen molar-refractivity contribution in [2.75, 3.05) is 0 Å². The summed E-state index contributed by atoms with van der Waals surface area (Å²) >= 11 is 5.86. The van der Waals surface area contributed by atoms with Crippen molar-refractivity contribution < 1.29 is 14.3 Å². The first-order chi connectivity index (χ1) is 8.43. The molecule has 4 heteroatoms. The maximum atomic E-state index is 11.7. The molecule has 0 aliphatic rings. The fraction of sp³-hybridized carbons (Fsp3) is 0.500. The number of hydrogen-bond acceptors (Lipinski definition) is 3. The minimum absolute atomic E-state index is 0.0881. The first-order valence-electron chi connectivity index (χ1n) is 6.07. The molecule has 0 heterocycles. The average molecular weight is 271 g/mol. The molecule has 0 saturated carbocycles. The van der Waals surface area contributed by atoms with Gasteiger partial charge in [0.25, 0.3) is 0 Å². The van der Waals surface area contributed by atoms with Gasteiger partial charge in [-0.1, -0.05) is 18.5 Å². The van der Waals surface area contributed by atoms with Gasteiger partial charge in [0, 0.05) is 5.02 Å². The second kappa shape index (κ2) is 6.64. The normalized spacial score (nSPS) is 13.8. The van der Waals surface area contributed by atoms with E-state index >= 15 is 0 Å². The number of carbonyl (C=O) groups excluding carboxylic acids is 1. The number of hydrogen-bond donors (Lipinski definition) is 0. The zero-order chi connectivity index (χ0) is 13.7. The van der Waals surface area contributed by atoms with Crippen molar-refractivity contribution in [1.29, 1.82) is 0 Å². The van der Waals surface area contributed by atoms with Crippen molar-refractivity contribution in [3.05, 3.63) is 28.8 Å². The SMILES string of the molecule is CCC(C)OC(=O)C(C)Oc1ccc(Cl)cc1C. The second-order valence-electron chi connectivity index (χ2n) is 4.33. The molecule has 3 nitrogen and oxygen atoms in total. The first-order valence-corrected chi connectivity index (χ1v) is 6.45. The number of halogens is 1. The van der Waals surface area contributed by atoms with E-state index in [-0.39, 0.29) is 12.1 Å². The predicted molar refractivity (Wildman–Crippen MR) is 72.1 cm³/mol. The van der Waals surface area contributed by atoms with Crippen molar-refractivity contribution >= 4 is 17.6 Å². The van der Waals surface area contributed by atoms with E-state index in [1.165, 1.54) is 0 Å². The monoisotopic (exact) mass is 270 g/mol. The fourth-order valence-corrected chi connectivity index (χ4v) is 1.59. The summed E-state index contributed by atoms with van der Waals surface area (Å²) in [6.45, 7) is 7.39. The van der Waals surface area contributed by atoms with Crippen molar-refractivity contribution in [2.45, 2.75) is 46.3 Å². The van der Waals surface area contributed by atoms with Crippen LogP contribution in [-0.2, 0) is 9.53 Å². The van der Waals surface area contributed by atoms with Crippen molar-refractivity contribution in [1.82, 2.24) is 0 Å². The molecule has 0 saturated heterocycles. The molecule has 0 aliphatic heterocycles. The molecule has 0 spiro atoms. The Kier molecular flexibility index (Phi) is 5.48. The van der Waals surface area contributed by atoms with Gasteiger partial charge in [-0.15, -0.1) is 0 Å². The molecule has 1 aromatic carbocycles. The predicted octanol–water partition coefficient (Wildman–Crippen LogP) is 3.76. The molecule has 1 rings (SSSR count). The molecule has 0 radical (unpaired) electrons. The van der Waals surface area contributed by atoms with Gasteiger partial charge >= 0.3 is 5.97 Å². The van der Waals surface area contributed by atoms with E-state index in [1.807, 2.05) is 20.8 Å². The van der Waals surface area contributed by atoms with E-state index < -0.39 is 6.10 Å². The van der Waals surface area contributed by atoms with Crippen LogP contribution in [0.3, 0.4) is 0 Å². The van der Waals surface area contributed by atoms with Crippen LogP contribution >= 0.6 is 11.6 Å². The van der Waals surface area contributed by atoms with Gasteiger partial charge in [-0.25, -0.2) is 4.79 Å². The Hall–Kier alpha value is -1.22. The summed E-state index contributed by atoms with van der Waals surface area (Å²) in [7, 11) is 0. The maximum Gasteiger partial charge on any atom is 0.347 e. The van der Waals surface area contributed by atoms with Gasteiger partial charge in [-0.05, 0) is 51.0 Å². The van der Waals surface area contributed by atoms with E-state index in [4.69, 9.17) is 21.1 Å². The number of benzene rings is 1. The molecule has 0 aromatic heterocycles. The molecule has 2 atom stereocenters. The van der Waals surface area contributed by atoms with Gasteiger partial charge in [0.2, 0.25) is 0 Å². The summed E-state index contributed by atoms with van der Waals surface area (Å²) in [5.41, 5.74) is 0.894. The molecular weight excluding hydrogens is 252 g/mol. The minimum atomic E-state index is -0.626. The lowest BCUT2D eigenvalue weighted by Crippen LogP contribution is -2.29. The van der Waals surface area contributed by atoms with E-state index in [2.05, 4.69) is 0 Å². The van der Waals surface area contributed by atoms with Gasteiger partial charge in [0.1, 0.15) is 5.75 Å². The van der Waals surface area contributed by atoms with Crippen LogP contribution in [0.25, 0.3) is 0 Å². The number of esters is 1. The summed E-state index contributed by atoms with van der Waals surface area (Å²) in [6.07, 6.45) is 0.0760. The summed E-state index contributed by atoms with van der Waals surface area (Å²) in [4.78, 5) is 11.7.